The fraction of sp³-hybridized carbons (Fsp3) is 0.545. The highest BCUT2D eigenvalue weighted by Gasteiger charge is 2.34. The van der Waals surface area contributed by atoms with Gasteiger partial charge in [-0.1, -0.05) is 13.8 Å². The van der Waals surface area contributed by atoms with Crippen molar-refractivity contribution >= 4 is 0 Å². The van der Waals surface area contributed by atoms with Crippen molar-refractivity contribution in [2.45, 2.75) is 32.8 Å². The van der Waals surface area contributed by atoms with Gasteiger partial charge in [-0.05, 0) is 35.4 Å². The lowest BCUT2D eigenvalue weighted by molar-refractivity contribution is 0.0338. The van der Waals surface area contributed by atoms with Crippen LogP contribution in [0.25, 0.3) is 0 Å². The van der Waals surface area contributed by atoms with Crippen LogP contribution in [-0.4, -0.2) is 10.1 Å². The average Bonchev–Trinajstić information content (AvgIpc) is 2.13. The number of hydrogen-bond donors (Lipinski definition) is 1. The van der Waals surface area contributed by atoms with Crippen LogP contribution < -0.4 is 0 Å². The molecule has 0 bridgehead atoms. The number of aliphatic hydroxyl groups is 1. The molecular weight excluding hydrogens is 162 g/mol. The van der Waals surface area contributed by atoms with E-state index in [0.717, 1.165) is 18.4 Å². The predicted octanol–water partition coefficient (Wildman–Crippen LogP) is 2.09. The predicted molar refractivity (Wildman–Crippen MR) is 51.3 cm³/mol. The molecule has 0 saturated heterocycles. The second kappa shape index (κ2) is 2.81. The van der Waals surface area contributed by atoms with Crippen LogP contribution in [-0.2, 0) is 6.42 Å². The Kier molecular flexibility index (Phi) is 1.88. The second-order valence-electron chi connectivity index (χ2n) is 4.47. The zero-order valence-corrected chi connectivity index (χ0v) is 8.12. The van der Waals surface area contributed by atoms with Gasteiger partial charge >= 0.3 is 0 Å². The Bertz CT molecular complexity index is 320. The fourth-order valence-electron chi connectivity index (χ4n) is 1.93. The first-order chi connectivity index (χ1) is 6.11. The van der Waals surface area contributed by atoms with E-state index in [1.165, 1.54) is 5.56 Å². The van der Waals surface area contributed by atoms with Gasteiger partial charge in [0.1, 0.15) is 0 Å². The van der Waals surface area contributed by atoms with Gasteiger partial charge < -0.3 is 5.11 Å². The third-order valence-corrected chi connectivity index (χ3v) is 3.01. The molecule has 1 heterocycles. The Labute approximate surface area is 78.6 Å². The second-order valence-corrected chi connectivity index (χ2v) is 4.47. The first-order valence-electron chi connectivity index (χ1n) is 4.72. The molecule has 1 aliphatic rings. The summed E-state index contributed by atoms with van der Waals surface area (Å²) in [5, 5.41) is 10.1. The molecule has 13 heavy (non-hydrogen) atoms. The van der Waals surface area contributed by atoms with Crippen molar-refractivity contribution in [3.8, 4) is 0 Å². The van der Waals surface area contributed by atoms with Crippen molar-refractivity contribution in [2.75, 3.05) is 0 Å². The van der Waals surface area contributed by atoms with Gasteiger partial charge in [0.25, 0.3) is 0 Å². The Morgan fingerprint density at radius 3 is 3.08 bits per heavy atom. The SMILES string of the molecule is CC1(C)CCc2cnccc2C1O. The van der Waals surface area contributed by atoms with Crippen molar-refractivity contribution in [1.82, 2.24) is 4.98 Å². The van der Waals surface area contributed by atoms with Gasteiger partial charge in [-0.15, -0.1) is 0 Å². The topological polar surface area (TPSA) is 33.1 Å². The minimum Gasteiger partial charge on any atom is -0.388 e. The van der Waals surface area contributed by atoms with Gasteiger partial charge in [-0.3, -0.25) is 4.98 Å². The van der Waals surface area contributed by atoms with Crippen LogP contribution in [0.3, 0.4) is 0 Å². The zero-order chi connectivity index (χ0) is 9.47. The molecule has 0 fully saturated rings. The van der Waals surface area contributed by atoms with Crippen LogP contribution in [0.1, 0.15) is 37.5 Å². The quantitative estimate of drug-likeness (QED) is 0.658. The van der Waals surface area contributed by atoms with Gasteiger partial charge in [0.2, 0.25) is 0 Å². The molecule has 0 amide bonds. The number of rotatable bonds is 0. The molecule has 0 radical (unpaired) electrons. The van der Waals surface area contributed by atoms with Crippen LogP contribution in [0.4, 0.5) is 0 Å². The number of nitrogens with zero attached hydrogens (tertiary/aromatic N) is 1. The monoisotopic (exact) mass is 177 g/mol. The van der Waals surface area contributed by atoms with Crippen molar-refractivity contribution in [2.24, 2.45) is 5.41 Å². The third-order valence-electron chi connectivity index (χ3n) is 3.01. The zero-order valence-electron chi connectivity index (χ0n) is 8.12. The molecule has 1 N–H and O–H groups in total. The molecule has 0 spiro atoms. The summed E-state index contributed by atoms with van der Waals surface area (Å²) in [5.74, 6) is 0. The molecule has 0 aromatic carbocycles. The van der Waals surface area contributed by atoms with E-state index < -0.39 is 0 Å². The molecular formula is C11H15NO. The lowest BCUT2D eigenvalue weighted by Crippen LogP contribution is -2.28. The number of aliphatic hydroxyl groups excluding tert-OH is 1. The minimum absolute atomic E-state index is 0.00829. The van der Waals surface area contributed by atoms with Crippen LogP contribution in [0, 0.1) is 5.41 Å². The molecule has 70 valence electrons. The lowest BCUT2D eigenvalue weighted by atomic mass is 9.72. The molecule has 1 aromatic rings. The summed E-state index contributed by atoms with van der Waals surface area (Å²) in [6, 6.07) is 1.93. The maximum Gasteiger partial charge on any atom is 0.0844 e. The summed E-state index contributed by atoms with van der Waals surface area (Å²) in [6.07, 6.45) is 5.36. The molecule has 1 aliphatic carbocycles. The van der Waals surface area contributed by atoms with E-state index in [9.17, 15) is 5.11 Å². The van der Waals surface area contributed by atoms with Gasteiger partial charge in [0.05, 0.1) is 6.10 Å². The fourth-order valence-corrected chi connectivity index (χ4v) is 1.93. The van der Waals surface area contributed by atoms with Crippen molar-refractivity contribution in [1.29, 1.82) is 0 Å². The molecule has 2 rings (SSSR count). The molecule has 2 heteroatoms. The van der Waals surface area contributed by atoms with Gasteiger partial charge in [-0.25, -0.2) is 0 Å². The summed E-state index contributed by atoms with van der Waals surface area (Å²) < 4.78 is 0. The molecule has 0 saturated carbocycles. The van der Waals surface area contributed by atoms with Crippen LogP contribution in [0.2, 0.25) is 0 Å². The highest BCUT2D eigenvalue weighted by Crippen LogP contribution is 2.42. The number of fused-ring (bicyclic) bond motifs is 1. The maximum atomic E-state index is 10.1. The largest absolute Gasteiger partial charge is 0.388 e. The summed E-state index contributed by atoms with van der Waals surface area (Å²) in [7, 11) is 0. The number of hydrogen-bond acceptors (Lipinski definition) is 2. The van der Waals surface area contributed by atoms with E-state index >= 15 is 0 Å². The first kappa shape index (κ1) is 8.70. The van der Waals surface area contributed by atoms with E-state index in [2.05, 4.69) is 18.8 Å². The molecule has 1 unspecified atom stereocenters. The summed E-state index contributed by atoms with van der Waals surface area (Å²) >= 11 is 0. The van der Waals surface area contributed by atoms with Crippen molar-refractivity contribution in [3.63, 3.8) is 0 Å². The summed E-state index contributed by atoms with van der Waals surface area (Å²) in [6.45, 7) is 4.22. The normalized spacial score (nSPS) is 25.3. The van der Waals surface area contributed by atoms with Crippen LogP contribution in [0.5, 0.6) is 0 Å². The lowest BCUT2D eigenvalue weighted by Gasteiger charge is -2.36. The van der Waals surface area contributed by atoms with Crippen molar-refractivity contribution < 1.29 is 5.11 Å². The maximum absolute atomic E-state index is 10.1. The van der Waals surface area contributed by atoms with Crippen LogP contribution in [0.15, 0.2) is 18.5 Å². The van der Waals surface area contributed by atoms with E-state index in [4.69, 9.17) is 0 Å². The Morgan fingerprint density at radius 1 is 1.54 bits per heavy atom. The van der Waals surface area contributed by atoms with E-state index in [1.807, 2.05) is 12.3 Å². The number of pyridine rings is 1. The minimum atomic E-state index is -0.334. The summed E-state index contributed by atoms with van der Waals surface area (Å²) in [5.41, 5.74) is 2.27. The number of aromatic nitrogens is 1. The highest BCUT2D eigenvalue weighted by atomic mass is 16.3. The van der Waals surface area contributed by atoms with Gasteiger partial charge in [-0.2, -0.15) is 0 Å². The Balaban J connectivity index is 2.45. The average molecular weight is 177 g/mol. The number of aryl methyl sites for hydroxylation is 1. The first-order valence-corrected chi connectivity index (χ1v) is 4.72. The smallest absolute Gasteiger partial charge is 0.0844 e. The van der Waals surface area contributed by atoms with E-state index in [-0.39, 0.29) is 11.5 Å². The standard InChI is InChI=1S/C11H15NO/c1-11(2)5-3-8-7-12-6-4-9(8)10(11)13/h4,6-7,10,13H,3,5H2,1-2H3. The molecule has 1 aromatic heterocycles. The molecule has 0 aliphatic heterocycles. The molecule has 2 nitrogen and oxygen atoms in total. The van der Waals surface area contributed by atoms with E-state index in [0.29, 0.717) is 0 Å². The third kappa shape index (κ3) is 1.35. The van der Waals surface area contributed by atoms with Crippen LogP contribution >= 0.6 is 0 Å². The highest BCUT2D eigenvalue weighted by molar-refractivity contribution is 5.29. The Morgan fingerprint density at radius 2 is 2.31 bits per heavy atom. The Hall–Kier alpha value is -0.890. The molecule has 1 atom stereocenters. The van der Waals surface area contributed by atoms with Gasteiger partial charge in [0.15, 0.2) is 0 Å². The van der Waals surface area contributed by atoms with Crippen molar-refractivity contribution in [3.05, 3.63) is 29.6 Å². The summed E-state index contributed by atoms with van der Waals surface area (Å²) in [4.78, 5) is 4.07. The van der Waals surface area contributed by atoms with Gasteiger partial charge in [0, 0.05) is 12.4 Å². The van der Waals surface area contributed by atoms with E-state index in [1.54, 1.807) is 6.20 Å².